The summed E-state index contributed by atoms with van der Waals surface area (Å²) >= 11 is 0. The largest absolute Gasteiger partial charge is 0.356 e. The number of aryl methyl sites for hydroxylation is 1. The van der Waals surface area contributed by atoms with Crippen LogP contribution in [0, 0.1) is 5.92 Å². The van der Waals surface area contributed by atoms with Gasteiger partial charge in [-0.25, -0.2) is 4.98 Å². The lowest BCUT2D eigenvalue weighted by Gasteiger charge is -2.34. The van der Waals surface area contributed by atoms with Gasteiger partial charge in [-0.05, 0) is 49.8 Å². The fourth-order valence-corrected chi connectivity index (χ4v) is 3.80. The summed E-state index contributed by atoms with van der Waals surface area (Å²) < 4.78 is 0. The van der Waals surface area contributed by atoms with Crippen LogP contribution in [-0.4, -0.2) is 40.2 Å². The SMILES string of the molecule is O=C(NC1CCc2[nH]ncc2C1)C1CCCN(c2ccccn2)C1. The normalized spacial score (nSPS) is 23.6. The summed E-state index contributed by atoms with van der Waals surface area (Å²) in [7, 11) is 0. The molecule has 6 heteroatoms. The molecule has 0 radical (unpaired) electrons. The molecular weight excluding hydrogens is 302 g/mol. The summed E-state index contributed by atoms with van der Waals surface area (Å²) in [6, 6.07) is 6.16. The number of hydrogen-bond donors (Lipinski definition) is 2. The minimum Gasteiger partial charge on any atom is -0.356 e. The Morgan fingerprint density at radius 3 is 3.17 bits per heavy atom. The number of H-pyrrole nitrogens is 1. The molecule has 1 aliphatic carbocycles. The van der Waals surface area contributed by atoms with Crippen LogP contribution in [0.25, 0.3) is 0 Å². The zero-order chi connectivity index (χ0) is 16.4. The van der Waals surface area contributed by atoms with Crippen molar-refractivity contribution in [2.24, 2.45) is 5.92 Å². The number of fused-ring (bicyclic) bond motifs is 1. The molecule has 1 saturated heterocycles. The van der Waals surface area contributed by atoms with Crippen molar-refractivity contribution in [3.05, 3.63) is 41.9 Å². The Balaban J connectivity index is 1.36. The molecule has 1 aliphatic heterocycles. The van der Waals surface area contributed by atoms with Crippen molar-refractivity contribution in [1.29, 1.82) is 0 Å². The lowest BCUT2D eigenvalue weighted by Crippen LogP contribution is -2.47. The number of nitrogens with zero attached hydrogens (tertiary/aromatic N) is 3. The number of carbonyl (C=O) groups is 1. The molecule has 3 heterocycles. The van der Waals surface area contributed by atoms with Gasteiger partial charge in [0.2, 0.25) is 5.91 Å². The molecule has 2 aromatic rings. The zero-order valence-corrected chi connectivity index (χ0v) is 13.7. The van der Waals surface area contributed by atoms with Gasteiger partial charge in [-0.2, -0.15) is 5.10 Å². The number of rotatable bonds is 3. The summed E-state index contributed by atoms with van der Waals surface area (Å²) in [4.78, 5) is 19.4. The molecule has 1 amide bonds. The molecule has 1 fully saturated rings. The van der Waals surface area contributed by atoms with E-state index in [0.717, 1.165) is 51.0 Å². The summed E-state index contributed by atoms with van der Waals surface area (Å²) in [6.07, 6.45) is 8.52. The standard InChI is InChI=1S/C18H23N5O/c24-18(21-15-6-7-16-14(10-15)11-20-22-16)13-4-3-9-23(12-13)17-5-1-2-8-19-17/h1-2,5,8,11,13,15H,3-4,6-7,9-10,12H2,(H,20,22)(H,21,24). The molecule has 0 aromatic carbocycles. The molecule has 4 rings (SSSR count). The van der Waals surface area contributed by atoms with Crippen LogP contribution >= 0.6 is 0 Å². The molecule has 2 aliphatic rings. The third kappa shape index (κ3) is 3.13. The van der Waals surface area contributed by atoms with Crippen molar-refractivity contribution in [3.63, 3.8) is 0 Å². The van der Waals surface area contributed by atoms with Gasteiger partial charge in [0.25, 0.3) is 0 Å². The van der Waals surface area contributed by atoms with Gasteiger partial charge < -0.3 is 10.2 Å². The average molecular weight is 325 g/mol. The highest BCUT2D eigenvalue weighted by molar-refractivity contribution is 5.80. The van der Waals surface area contributed by atoms with Crippen LogP contribution in [0.4, 0.5) is 5.82 Å². The second-order valence-corrected chi connectivity index (χ2v) is 6.80. The number of piperidine rings is 1. The van der Waals surface area contributed by atoms with Gasteiger partial charge in [0.1, 0.15) is 5.82 Å². The van der Waals surface area contributed by atoms with E-state index in [1.807, 2.05) is 30.6 Å². The first kappa shape index (κ1) is 15.2. The van der Waals surface area contributed by atoms with E-state index in [9.17, 15) is 4.79 Å². The second-order valence-electron chi connectivity index (χ2n) is 6.80. The Hall–Kier alpha value is -2.37. The van der Waals surface area contributed by atoms with Gasteiger partial charge >= 0.3 is 0 Å². The van der Waals surface area contributed by atoms with Gasteiger partial charge in [0.15, 0.2) is 0 Å². The predicted molar refractivity (Wildman–Crippen MR) is 91.7 cm³/mol. The average Bonchev–Trinajstić information content (AvgIpc) is 3.10. The summed E-state index contributed by atoms with van der Waals surface area (Å²) in [6.45, 7) is 1.73. The van der Waals surface area contributed by atoms with Gasteiger partial charge in [0, 0.05) is 31.0 Å². The van der Waals surface area contributed by atoms with E-state index in [2.05, 4.69) is 25.4 Å². The van der Waals surface area contributed by atoms with E-state index >= 15 is 0 Å². The number of anilines is 1. The Morgan fingerprint density at radius 1 is 1.33 bits per heavy atom. The van der Waals surface area contributed by atoms with Crippen molar-refractivity contribution in [2.45, 2.75) is 38.1 Å². The number of carbonyl (C=O) groups excluding carboxylic acids is 1. The van der Waals surface area contributed by atoms with E-state index < -0.39 is 0 Å². The van der Waals surface area contributed by atoms with Crippen LogP contribution < -0.4 is 10.2 Å². The van der Waals surface area contributed by atoms with Crippen LogP contribution in [0.2, 0.25) is 0 Å². The highest BCUT2D eigenvalue weighted by atomic mass is 16.2. The number of amides is 1. The van der Waals surface area contributed by atoms with Crippen LogP contribution in [0.15, 0.2) is 30.6 Å². The van der Waals surface area contributed by atoms with Crippen LogP contribution in [0.5, 0.6) is 0 Å². The summed E-state index contributed by atoms with van der Waals surface area (Å²) in [5.74, 6) is 1.20. The highest BCUT2D eigenvalue weighted by Gasteiger charge is 2.29. The molecule has 126 valence electrons. The maximum absolute atomic E-state index is 12.7. The molecule has 2 N–H and O–H groups in total. The van der Waals surface area contributed by atoms with E-state index in [1.165, 1.54) is 11.3 Å². The fourth-order valence-electron chi connectivity index (χ4n) is 3.80. The minimum atomic E-state index is 0.0477. The maximum Gasteiger partial charge on any atom is 0.225 e. The smallest absolute Gasteiger partial charge is 0.225 e. The van der Waals surface area contributed by atoms with E-state index in [4.69, 9.17) is 0 Å². The maximum atomic E-state index is 12.7. The number of hydrogen-bond acceptors (Lipinski definition) is 4. The fraction of sp³-hybridized carbons (Fsp3) is 0.500. The minimum absolute atomic E-state index is 0.0477. The van der Waals surface area contributed by atoms with Crippen LogP contribution in [0.1, 0.15) is 30.5 Å². The molecule has 2 unspecified atom stereocenters. The van der Waals surface area contributed by atoms with Gasteiger partial charge in [0.05, 0.1) is 12.1 Å². The number of pyridine rings is 1. The first-order valence-electron chi connectivity index (χ1n) is 8.77. The Bertz CT molecular complexity index is 698. The van der Waals surface area contributed by atoms with E-state index in [-0.39, 0.29) is 17.9 Å². The molecular formula is C18H23N5O. The third-order valence-electron chi connectivity index (χ3n) is 5.13. The topological polar surface area (TPSA) is 73.9 Å². The molecule has 2 aromatic heterocycles. The van der Waals surface area contributed by atoms with Crippen molar-refractivity contribution >= 4 is 11.7 Å². The lowest BCUT2D eigenvalue weighted by atomic mass is 9.92. The van der Waals surface area contributed by atoms with Gasteiger partial charge in [-0.3, -0.25) is 9.89 Å². The van der Waals surface area contributed by atoms with Crippen molar-refractivity contribution in [3.8, 4) is 0 Å². The van der Waals surface area contributed by atoms with E-state index in [1.54, 1.807) is 0 Å². The van der Waals surface area contributed by atoms with Gasteiger partial charge in [-0.15, -0.1) is 0 Å². The summed E-state index contributed by atoms with van der Waals surface area (Å²) in [5, 5.41) is 10.4. The van der Waals surface area contributed by atoms with Crippen molar-refractivity contribution in [2.75, 3.05) is 18.0 Å². The first-order chi connectivity index (χ1) is 11.8. The Labute approximate surface area is 141 Å². The number of nitrogens with one attached hydrogen (secondary N) is 2. The molecule has 0 spiro atoms. The monoisotopic (exact) mass is 325 g/mol. The van der Waals surface area contributed by atoms with Crippen molar-refractivity contribution in [1.82, 2.24) is 20.5 Å². The highest BCUT2D eigenvalue weighted by Crippen LogP contribution is 2.23. The van der Waals surface area contributed by atoms with Crippen LogP contribution in [0.3, 0.4) is 0 Å². The Kier molecular flexibility index (Phi) is 4.19. The first-order valence-corrected chi connectivity index (χ1v) is 8.77. The quantitative estimate of drug-likeness (QED) is 0.901. The second kappa shape index (κ2) is 6.63. The molecule has 2 atom stereocenters. The molecule has 0 saturated carbocycles. The molecule has 24 heavy (non-hydrogen) atoms. The molecule has 6 nitrogen and oxygen atoms in total. The number of aromatic nitrogens is 3. The Morgan fingerprint density at radius 2 is 2.29 bits per heavy atom. The van der Waals surface area contributed by atoms with E-state index in [0.29, 0.717) is 0 Å². The van der Waals surface area contributed by atoms with Crippen molar-refractivity contribution < 1.29 is 4.79 Å². The zero-order valence-electron chi connectivity index (χ0n) is 13.7. The summed E-state index contributed by atoms with van der Waals surface area (Å²) in [5.41, 5.74) is 2.46. The predicted octanol–water partition coefficient (Wildman–Crippen LogP) is 1.69. The number of aromatic amines is 1. The lowest BCUT2D eigenvalue weighted by molar-refractivity contribution is -0.126. The van der Waals surface area contributed by atoms with Crippen LogP contribution in [-0.2, 0) is 17.6 Å². The third-order valence-corrected chi connectivity index (χ3v) is 5.13. The molecule has 0 bridgehead atoms. The van der Waals surface area contributed by atoms with Gasteiger partial charge in [-0.1, -0.05) is 6.07 Å².